The number of sulfone groups is 1. The highest BCUT2D eigenvalue weighted by Gasteiger charge is 2.53. The van der Waals surface area contributed by atoms with Gasteiger partial charge in [0.05, 0.1) is 20.9 Å². The van der Waals surface area contributed by atoms with Crippen molar-refractivity contribution in [2.75, 3.05) is 6.61 Å². The zero-order valence-electron chi connectivity index (χ0n) is 15.7. The molecule has 0 aromatic heterocycles. The summed E-state index contributed by atoms with van der Waals surface area (Å²) in [7, 11) is -5.61. The summed E-state index contributed by atoms with van der Waals surface area (Å²) in [6, 6.07) is 8.46. The lowest BCUT2D eigenvalue weighted by atomic mass is 10.0. The minimum atomic E-state index is -3.63. The van der Waals surface area contributed by atoms with Crippen LogP contribution in [0.5, 0.6) is 0 Å². The number of ether oxygens (including phenoxy) is 1. The first-order valence-corrected chi connectivity index (χ1v) is 13.8. The predicted molar refractivity (Wildman–Crippen MR) is 109 cm³/mol. The lowest BCUT2D eigenvalue weighted by molar-refractivity contribution is 0.00958. The van der Waals surface area contributed by atoms with Crippen molar-refractivity contribution < 1.29 is 17.6 Å². The molecule has 0 aliphatic carbocycles. The third-order valence-corrected chi connectivity index (χ3v) is 13.3. The second-order valence-corrected chi connectivity index (χ2v) is 15.9. The van der Waals surface area contributed by atoms with E-state index in [1.807, 2.05) is 12.2 Å². The number of fused-ring (bicyclic) bond motifs is 2. The summed E-state index contributed by atoms with van der Waals surface area (Å²) in [4.78, 5) is 0.557. The Balaban J connectivity index is 1.93. The molecular formula is C19H25BrO4SSi. The van der Waals surface area contributed by atoms with Crippen LogP contribution in [0, 0.1) is 0 Å². The van der Waals surface area contributed by atoms with Crippen molar-refractivity contribution >= 4 is 34.1 Å². The molecule has 2 bridgehead atoms. The van der Waals surface area contributed by atoms with E-state index >= 15 is 0 Å². The summed E-state index contributed by atoms with van der Waals surface area (Å²) in [6.45, 7) is 11.2. The Morgan fingerprint density at radius 1 is 1.23 bits per heavy atom. The molecule has 1 aromatic rings. The molecule has 1 aromatic carbocycles. The fraction of sp³-hybridized carbons (Fsp3) is 0.474. The zero-order valence-corrected chi connectivity index (χ0v) is 19.1. The largest absolute Gasteiger partial charge is 0.413 e. The molecule has 0 radical (unpaired) electrons. The quantitative estimate of drug-likeness (QED) is 0.471. The van der Waals surface area contributed by atoms with Gasteiger partial charge in [0, 0.05) is 0 Å². The molecule has 2 heterocycles. The molecule has 2 aliphatic heterocycles. The number of rotatable bonds is 5. The van der Waals surface area contributed by atoms with Crippen LogP contribution < -0.4 is 0 Å². The van der Waals surface area contributed by atoms with Crippen molar-refractivity contribution in [3.63, 3.8) is 0 Å². The highest BCUT2D eigenvalue weighted by Crippen LogP contribution is 2.50. The molecule has 4 nitrogen and oxygen atoms in total. The van der Waals surface area contributed by atoms with Crippen molar-refractivity contribution in [3.8, 4) is 0 Å². The molecule has 0 N–H and O–H groups in total. The van der Waals surface area contributed by atoms with Crippen LogP contribution in [0.4, 0.5) is 0 Å². The van der Waals surface area contributed by atoms with Crippen molar-refractivity contribution in [1.82, 2.24) is 0 Å². The van der Waals surface area contributed by atoms with E-state index < -0.39 is 29.9 Å². The molecule has 0 saturated heterocycles. The van der Waals surface area contributed by atoms with Gasteiger partial charge >= 0.3 is 0 Å². The molecular weight excluding hydrogens is 432 g/mol. The molecule has 2 atom stereocenters. The average Bonchev–Trinajstić information content (AvgIpc) is 3.09. The lowest BCUT2D eigenvalue weighted by Gasteiger charge is -2.38. The van der Waals surface area contributed by atoms with E-state index in [9.17, 15) is 8.42 Å². The van der Waals surface area contributed by atoms with E-state index in [-0.39, 0.29) is 14.8 Å². The van der Waals surface area contributed by atoms with Gasteiger partial charge in [-0.05, 0) is 36.3 Å². The summed E-state index contributed by atoms with van der Waals surface area (Å²) in [6.07, 6.45) is 3.16. The van der Waals surface area contributed by atoms with Gasteiger partial charge in [-0.1, -0.05) is 61.0 Å². The van der Waals surface area contributed by atoms with E-state index in [2.05, 4.69) is 49.8 Å². The van der Waals surface area contributed by atoms with Crippen LogP contribution in [0.3, 0.4) is 0 Å². The van der Waals surface area contributed by atoms with Gasteiger partial charge in [-0.3, -0.25) is 0 Å². The van der Waals surface area contributed by atoms with Gasteiger partial charge in [0.1, 0.15) is 11.7 Å². The van der Waals surface area contributed by atoms with Gasteiger partial charge in [0.25, 0.3) is 0 Å². The molecule has 26 heavy (non-hydrogen) atoms. The number of benzene rings is 1. The van der Waals surface area contributed by atoms with E-state index in [1.54, 1.807) is 30.3 Å². The fourth-order valence-electron chi connectivity index (χ4n) is 2.79. The van der Waals surface area contributed by atoms with Crippen LogP contribution >= 0.6 is 15.9 Å². The fourth-order valence-corrected chi connectivity index (χ4v) is 6.62. The molecule has 142 valence electrons. The molecule has 0 amide bonds. The zero-order chi connectivity index (χ0) is 19.4. The molecule has 7 heteroatoms. The highest BCUT2D eigenvalue weighted by atomic mass is 79.9. The Morgan fingerprint density at radius 3 is 2.42 bits per heavy atom. The molecule has 0 fully saturated rings. The van der Waals surface area contributed by atoms with Crippen molar-refractivity contribution in [1.29, 1.82) is 0 Å². The first-order chi connectivity index (χ1) is 11.9. The molecule has 0 saturated carbocycles. The first kappa shape index (κ1) is 20.0. The molecule has 0 unspecified atom stereocenters. The van der Waals surface area contributed by atoms with Crippen molar-refractivity contribution in [2.45, 2.75) is 55.5 Å². The van der Waals surface area contributed by atoms with Crippen LogP contribution in [0.2, 0.25) is 18.1 Å². The summed E-state index contributed by atoms with van der Waals surface area (Å²) in [5, 5.41) is 0.0686. The van der Waals surface area contributed by atoms with Gasteiger partial charge < -0.3 is 9.16 Å². The maximum atomic E-state index is 13.1. The predicted octanol–water partition coefficient (Wildman–Crippen LogP) is 4.80. The topological polar surface area (TPSA) is 52.6 Å². The second-order valence-electron chi connectivity index (χ2n) is 8.33. The van der Waals surface area contributed by atoms with Gasteiger partial charge in [0.15, 0.2) is 8.32 Å². The number of hydrogen-bond donors (Lipinski definition) is 0. The maximum Gasteiger partial charge on any atom is 0.206 e. The van der Waals surface area contributed by atoms with Crippen LogP contribution in [0.25, 0.3) is 0 Å². The molecule has 0 spiro atoms. The average molecular weight is 457 g/mol. The summed E-state index contributed by atoms with van der Waals surface area (Å²) in [5.74, 6) is 0. The Kier molecular flexibility index (Phi) is 4.93. The van der Waals surface area contributed by atoms with E-state index in [4.69, 9.17) is 9.16 Å². The van der Waals surface area contributed by atoms with Crippen LogP contribution in [0.15, 0.2) is 56.8 Å². The second kappa shape index (κ2) is 6.41. The number of halogens is 1. The number of hydrogen-bond acceptors (Lipinski definition) is 4. The smallest absolute Gasteiger partial charge is 0.206 e. The van der Waals surface area contributed by atoms with Crippen molar-refractivity contribution in [3.05, 3.63) is 51.9 Å². The maximum absolute atomic E-state index is 13.1. The van der Waals surface area contributed by atoms with Crippen LogP contribution in [-0.2, 0) is 19.0 Å². The lowest BCUT2D eigenvalue weighted by Crippen LogP contribution is -2.45. The Morgan fingerprint density at radius 2 is 1.85 bits per heavy atom. The summed E-state index contributed by atoms with van der Waals surface area (Å²) >= 11 is 3.53. The SMILES string of the molecule is CC(C)(C)[Si](C)(C)OC[C@]12C=C[C@H](O1)C(S(=O)(=O)c1ccccc1)=C2Br. The summed E-state index contributed by atoms with van der Waals surface area (Å²) < 4.78 is 39.2. The normalized spacial score (nSPS) is 26.0. The molecule has 2 aliphatic rings. The Labute approximate surface area is 165 Å². The monoisotopic (exact) mass is 456 g/mol. The van der Waals surface area contributed by atoms with Gasteiger partial charge in [-0.2, -0.15) is 0 Å². The van der Waals surface area contributed by atoms with Crippen molar-refractivity contribution in [2.24, 2.45) is 0 Å². The summed E-state index contributed by atoms with van der Waals surface area (Å²) in [5.41, 5.74) is -0.850. The first-order valence-electron chi connectivity index (χ1n) is 8.62. The van der Waals surface area contributed by atoms with Crippen LogP contribution in [0.1, 0.15) is 20.8 Å². The van der Waals surface area contributed by atoms with Gasteiger partial charge in [0.2, 0.25) is 9.84 Å². The van der Waals surface area contributed by atoms with Gasteiger partial charge in [-0.15, -0.1) is 0 Å². The minimum Gasteiger partial charge on any atom is -0.413 e. The Hall–Kier alpha value is -0.733. The van der Waals surface area contributed by atoms with Gasteiger partial charge in [-0.25, -0.2) is 8.42 Å². The third-order valence-electron chi connectivity index (χ3n) is 5.52. The van der Waals surface area contributed by atoms with E-state index in [0.29, 0.717) is 11.1 Å². The highest BCUT2D eigenvalue weighted by molar-refractivity contribution is 9.11. The van der Waals surface area contributed by atoms with E-state index in [0.717, 1.165) is 0 Å². The Bertz CT molecular complexity index is 869. The minimum absolute atomic E-state index is 0.0686. The third kappa shape index (κ3) is 3.18. The van der Waals surface area contributed by atoms with Crippen LogP contribution in [-0.4, -0.2) is 35.0 Å². The van der Waals surface area contributed by atoms with E-state index in [1.165, 1.54) is 0 Å². The standard InChI is InChI=1S/C19H25BrO4SSi/c1-18(2,3)26(4,5)23-13-19-12-11-15(24-19)16(17(19)20)25(21,22)14-9-7-6-8-10-14/h6-12,15H,13H2,1-5H3/t15-,19-/m0/s1. The molecule has 3 rings (SSSR count).